The molecular formula is C18H18N4O. The van der Waals surface area contributed by atoms with Crippen molar-refractivity contribution in [3.8, 4) is 0 Å². The predicted octanol–water partition coefficient (Wildman–Crippen LogP) is 2.94. The topological polar surface area (TPSA) is 66.9 Å². The van der Waals surface area contributed by atoms with Gasteiger partial charge in [0.05, 0.1) is 12.2 Å². The van der Waals surface area contributed by atoms with E-state index in [-0.39, 0.29) is 6.03 Å². The van der Waals surface area contributed by atoms with E-state index >= 15 is 0 Å². The minimum absolute atomic E-state index is 0.214. The Kier molecular flexibility index (Phi) is 4.47. The number of hydrogen-bond acceptors (Lipinski definition) is 3. The van der Waals surface area contributed by atoms with Crippen molar-refractivity contribution in [1.29, 1.82) is 0 Å². The summed E-state index contributed by atoms with van der Waals surface area (Å²) in [6.45, 7) is 2.76. The Labute approximate surface area is 134 Å². The lowest BCUT2D eigenvalue weighted by Gasteiger charge is -2.09. The summed E-state index contributed by atoms with van der Waals surface area (Å²) in [7, 11) is 0. The third-order valence-electron chi connectivity index (χ3n) is 3.61. The molecule has 1 heterocycles. The summed E-state index contributed by atoms with van der Waals surface area (Å²) < 4.78 is 0. The van der Waals surface area contributed by atoms with Crippen molar-refractivity contribution in [2.75, 3.05) is 0 Å². The van der Waals surface area contributed by atoms with Crippen molar-refractivity contribution in [1.82, 2.24) is 20.6 Å². The van der Waals surface area contributed by atoms with Crippen LogP contribution >= 0.6 is 0 Å². The second-order valence-electron chi connectivity index (χ2n) is 5.33. The Morgan fingerprint density at radius 3 is 2.65 bits per heavy atom. The lowest BCUT2D eigenvalue weighted by molar-refractivity contribution is 0.240. The number of urea groups is 1. The molecule has 0 fully saturated rings. The number of aryl methyl sites for hydroxylation is 1. The second kappa shape index (κ2) is 6.87. The molecule has 0 aliphatic heterocycles. The average molecular weight is 306 g/mol. The van der Waals surface area contributed by atoms with E-state index in [0.29, 0.717) is 13.1 Å². The van der Waals surface area contributed by atoms with Gasteiger partial charge in [0.1, 0.15) is 6.33 Å². The summed E-state index contributed by atoms with van der Waals surface area (Å²) in [4.78, 5) is 20.1. The lowest BCUT2D eigenvalue weighted by atomic mass is 10.0. The van der Waals surface area contributed by atoms with Gasteiger partial charge >= 0.3 is 6.03 Å². The van der Waals surface area contributed by atoms with Gasteiger partial charge in [-0.25, -0.2) is 14.8 Å². The molecule has 3 rings (SSSR count). The van der Waals surface area contributed by atoms with Crippen LogP contribution in [0.2, 0.25) is 0 Å². The van der Waals surface area contributed by atoms with Gasteiger partial charge in [-0.15, -0.1) is 0 Å². The van der Waals surface area contributed by atoms with Crippen LogP contribution in [0.25, 0.3) is 10.8 Å². The molecule has 2 amide bonds. The standard InChI is InChI=1S/C18H18N4O/c1-13-9-16(22-12-21-13)11-20-18(23)19-10-15-7-4-6-14-5-2-3-8-17(14)15/h2-9,12H,10-11H2,1H3,(H2,19,20,23). The Morgan fingerprint density at radius 2 is 1.78 bits per heavy atom. The van der Waals surface area contributed by atoms with Crippen LogP contribution < -0.4 is 10.6 Å². The molecule has 5 heteroatoms. The van der Waals surface area contributed by atoms with Gasteiger partial charge in [0.2, 0.25) is 0 Å². The zero-order chi connectivity index (χ0) is 16.1. The van der Waals surface area contributed by atoms with E-state index in [1.165, 1.54) is 11.7 Å². The summed E-state index contributed by atoms with van der Waals surface area (Å²) in [6.07, 6.45) is 1.50. The summed E-state index contributed by atoms with van der Waals surface area (Å²) >= 11 is 0. The van der Waals surface area contributed by atoms with Crippen LogP contribution in [0, 0.1) is 6.92 Å². The summed E-state index contributed by atoms with van der Waals surface area (Å²) in [5, 5.41) is 8.01. The van der Waals surface area contributed by atoms with Crippen LogP contribution in [0.4, 0.5) is 4.79 Å². The molecule has 116 valence electrons. The summed E-state index contributed by atoms with van der Waals surface area (Å²) in [5.41, 5.74) is 2.77. The van der Waals surface area contributed by atoms with E-state index in [0.717, 1.165) is 22.3 Å². The maximum atomic E-state index is 11.9. The average Bonchev–Trinajstić information content (AvgIpc) is 2.58. The molecule has 2 aromatic carbocycles. The van der Waals surface area contributed by atoms with Crippen LogP contribution in [0.5, 0.6) is 0 Å². The fourth-order valence-electron chi connectivity index (χ4n) is 2.46. The molecule has 2 N–H and O–H groups in total. The van der Waals surface area contributed by atoms with Gasteiger partial charge in [-0.3, -0.25) is 0 Å². The van der Waals surface area contributed by atoms with Crippen molar-refractivity contribution in [3.63, 3.8) is 0 Å². The number of benzene rings is 2. The fraction of sp³-hybridized carbons (Fsp3) is 0.167. The smallest absolute Gasteiger partial charge is 0.315 e. The van der Waals surface area contributed by atoms with Gasteiger partial charge in [-0.1, -0.05) is 42.5 Å². The number of hydrogen-bond donors (Lipinski definition) is 2. The van der Waals surface area contributed by atoms with E-state index in [9.17, 15) is 4.79 Å². The van der Waals surface area contributed by atoms with E-state index in [4.69, 9.17) is 0 Å². The predicted molar refractivity (Wildman–Crippen MR) is 89.8 cm³/mol. The zero-order valence-corrected chi connectivity index (χ0v) is 12.9. The fourth-order valence-corrected chi connectivity index (χ4v) is 2.46. The van der Waals surface area contributed by atoms with Crippen LogP contribution in [-0.4, -0.2) is 16.0 Å². The Balaban J connectivity index is 1.58. The van der Waals surface area contributed by atoms with E-state index in [2.05, 4.69) is 38.8 Å². The van der Waals surface area contributed by atoms with E-state index in [1.807, 2.05) is 37.3 Å². The maximum Gasteiger partial charge on any atom is 0.315 e. The number of carbonyl (C=O) groups excluding carboxylic acids is 1. The van der Waals surface area contributed by atoms with Gasteiger partial charge < -0.3 is 10.6 Å². The highest BCUT2D eigenvalue weighted by Gasteiger charge is 2.04. The Bertz CT molecular complexity index is 827. The van der Waals surface area contributed by atoms with Crippen molar-refractivity contribution in [3.05, 3.63) is 71.8 Å². The molecule has 0 aliphatic carbocycles. The molecule has 0 bridgehead atoms. The molecular weight excluding hydrogens is 288 g/mol. The van der Waals surface area contributed by atoms with Gasteiger partial charge in [0.25, 0.3) is 0 Å². The normalized spacial score (nSPS) is 10.5. The van der Waals surface area contributed by atoms with Crippen molar-refractivity contribution in [2.45, 2.75) is 20.0 Å². The van der Waals surface area contributed by atoms with Gasteiger partial charge in [0, 0.05) is 12.2 Å². The number of nitrogens with one attached hydrogen (secondary N) is 2. The molecule has 3 aromatic rings. The first-order chi connectivity index (χ1) is 11.2. The van der Waals surface area contributed by atoms with Gasteiger partial charge in [0.15, 0.2) is 0 Å². The molecule has 1 aromatic heterocycles. The first-order valence-corrected chi connectivity index (χ1v) is 7.48. The third kappa shape index (κ3) is 3.83. The van der Waals surface area contributed by atoms with Gasteiger partial charge in [-0.05, 0) is 29.3 Å². The number of aromatic nitrogens is 2. The largest absolute Gasteiger partial charge is 0.334 e. The van der Waals surface area contributed by atoms with Crippen molar-refractivity contribution >= 4 is 16.8 Å². The highest BCUT2D eigenvalue weighted by molar-refractivity contribution is 5.86. The maximum absolute atomic E-state index is 11.9. The van der Waals surface area contributed by atoms with Crippen LogP contribution in [-0.2, 0) is 13.1 Å². The first-order valence-electron chi connectivity index (χ1n) is 7.48. The first kappa shape index (κ1) is 15.0. The highest BCUT2D eigenvalue weighted by Crippen LogP contribution is 2.18. The number of nitrogens with zero attached hydrogens (tertiary/aromatic N) is 2. The van der Waals surface area contributed by atoms with E-state index in [1.54, 1.807) is 0 Å². The summed E-state index contributed by atoms with van der Waals surface area (Å²) in [6, 6.07) is 15.9. The molecule has 0 saturated carbocycles. The monoisotopic (exact) mass is 306 g/mol. The zero-order valence-electron chi connectivity index (χ0n) is 12.9. The lowest BCUT2D eigenvalue weighted by Crippen LogP contribution is -2.34. The number of amides is 2. The number of carbonyl (C=O) groups is 1. The van der Waals surface area contributed by atoms with E-state index < -0.39 is 0 Å². The highest BCUT2D eigenvalue weighted by atomic mass is 16.2. The van der Waals surface area contributed by atoms with Crippen LogP contribution in [0.3, 0.4) is 0 Å². The van der Waals surface area contributed by atoms with Crippen molar-refractivity contribution in [2.24, 2.45) is 0 Å². The van der Waals surface area contributed by atoms with Crippen LogP contribution in [0.15, 0.2) is 54.9 Å². The minimum atomic E-state index is -0.214. The quantitative estimate of drug-likeness (QED) is 0.779. The molecule has 0 unspecified atom stereocenters. The molecule has 0 atom stereocenters. The molecule has 0 aliphatic rings. The second-order valence-corrected chi connectivity index (χ2v) is 5.33. The van der Waals surface area contributed by atoms with Crippen LogP contribution in [0.1, 0.15) is 17.0 Å². The Hall–Kier alpha value is -2.95. The Morgan fingerprint density at radius 1 is 1.00 bits per heavy atom. The SMILES string of the molecule is Cc1cc(CNC(=O)NCc2cccc3ccccc23)ncn1. The third-order valence-corrected chi connectivity index (χ3v) is 3.61. The number of fused-ring (bicyclic) bond motifs is 1. The molecule has 0 saturated heterocycles. The molecule has 0 radical (unpaired) electrons. The number of rotatable bonds is 4. The minimum Gasteiger partial charge on any atom is -0.334 e. The molecule has 5 nitrogen and oxygen atoms in total. The van der Waals surface area contributed by atoms with Gasteiger partial charge in [-0.2, -0.15) is 0 Å². The molecule has 0 spiro atoms. The summed E-state index contributed by atoms with van der Waals surface area (Å²) in [5.74, 6) is 0. The molecule has 23 heavy (non-hydrogen) atoms. The van der Waals surface area contributed by atoms with Crippen molar-refractivity contribution < 1.29 is 4.79 Å².